The molecule has 0 spiro atoms. The van der Waals surface area contributed by atoms with Crippen LogP contribution in [0.25, 0.3) is 5.70 Å². The number of hydrogen-bond donors (Lipinski definition) is 3. The predicted octanol–water partition coefficient (Wildman–Crippen LogP) is 3.53. The first-order chi connectivity index (χ1) is 13.0. The molecule has 1 heterocycles. The van der Waals surface area contributed by atoms with E-state index in [4.69, 9.17) is 5.53 Å². The van der Waals surface area contributed by atoms with Gasteiger partial charge in [-0.25, -0.2) is 5.53 Å². The number of rotatable bonds is 7. The van der Waals surface area contributed by atoms with Crippen LogP contribution < -0.4 is 5.32 Å². The summed E-state index contributed by atoms with van der Waals surface area (Å²) in [5, 5.41) is 17.1. The van der Waals surface area contributed by atoms with Gasteiger partial charge in [0.2, 0.25) is 0 Å². The van der Waals surface area contributed by atoms with Gasteiger partial charge in [0.15, 0.2) is 0 Å². The van der Waals surface area contributed by atoms with Crippen LogP contribution in [0.4, 0.5) is 5.69 Å². The quantitative estimate of drug-likeness (QED) is 0.506. The fraction of sp³-hybridized carbons (Fsp3) is 0.450. The van der Waals surface area contributed by atoms with E-state index >= 15 is 0 Å². The summed E-state index contributed by atoms with van der Waals surface area (Å²) in [5.74, 6) is 0.508. The first kappa shape index (κ1) is 19.1. The highest BCUT2D eigenvalue weighted by Gasteiger charge is 2.29. The monoisotopic (exact) mass is 369 g/mol. The highest BCUT2D eigenvalue weighted by molar-refractivity contribution is 5.98. The maximum atomic E-state index is 12.4. The highest BCUT2D eigenvalue weighted by Crippen LogP contribution is 2.36. The summed E-state index contributed by atoms with van der Waals surface area (Å²) in [5.41, 5.74) is 11.0. The number of aliphatic hydroxyl groups is 1. The van der Waals surface area contributed by atoms with Gasteiger partial charge in [-0.05, 0) is 42.9 Å². The van der Waals surface area contributed by atoms with Crippen molar-refractivity contribution < 1.29 is 9.90 Å². The first-order valence-electron chi connectivity index (χ1n) is 9.32. The van der Waals surface area contributed by atoms with E-state index in [2.05, 4.69) is 10.4 Å². The van der Waals surface area contributed by atoms with Gasteiger partial charge in [-0.2, -0.15) is 5.11 Å². The van der Waals surface area contributed by atoms with Crippen molar-refractivity contribution >= 4 is 17.3 Å². The van der Waals surface area contributed by atoms with Crippen molar-refractivity contribution in [2.45, 2.75) is 32.3 Å². The van der Waals surface area contributed by atoms with Gasteiger partial charge in [-0.3, -0.25) is 4.79 Å². The number of likely N-dealkylation sites (N-methyl/N-ethyl adjacent to an activating group) is 2. The van der Waals surface area contributed by atoms with Crippen LogP contribution in [-0.4, -0.2) is 41.5 Å². The first-order valence-corrected chi connectivity index (χ1v) is 9.32. The van der Waals surface area contributed by atoms with Crippen LogP contribution in [0, 0.1) is 11.4 Å². The smallest absolute Gasteiger partial charge is 0.275 e. The SMILES string of the molecule is CCC(O)c1ccc(NCC2CC2)c(C2=CN(C)C(=O)C(=CN=N)N2C)c1. The Hall–Kier alpha value is -2.67. The van der Waals surface area contributed by atoms with Gasteiger partial charge >= 0.3 is 0 Å². The summed E-state index contributed by atoms with van der Waals surface area (Å²) in [7, 11) is 3.48. The molecular weight excluding hydrogens is 342 g/mol. The maximum absolute atomic E-state index is 12.4. The summed E-state index contributed by atoms with van der Waals surface area (Å²) in [6.45, 7) is 2.86. The second-order valence-electron chi connectivity index (χ2n) is 7.19. The van der Waals surface area contributed by atoms with E-state index in [0.717, 1.165) is 35.0 Å². The second kappa shape index (κ2) is 7.92. The molecule has 1 unspecified atom stereocenters. The molecule has 0 aromatic heterocycles. The van der Waals surface area contributed by atoms with E-state index in [1.54, 1.807) is 25.2 Å². The third-order valence-corrected chi connectivity index (χ3v) is 5.13. The molecule has 0 saturated heterocycles. The van der Waals surface area contributed by atoms with E-state index in [0.29, 0.717) is 12.1 Å². The zero-order chi connectivity index (χ0) is 19.6. The van der Waals surface area contributed by atoms with Crippen molar-refractivity contribution in [3.8, 4) is 0 Å². The minimum atomic E-state index is -0.534. The van der Waals surface area contributed by atoms with Crippen LogP contribution in [0.1, 0.15) is 43.4 Å². The lowest BCUT2D eigenvalue weighted by atomic mass is 9.99. The molecule has 7 nitrogen and oxygen atoms in total. The Kier molecular flexibility index (Phi) is 5.60. The fourth-order valence-corrected chi connectivity index (χ4v) is 3.18. The van der Waals surface area contributed by atoms with Gasteiger partial charge in [-0.1, -0.05) is 13.0 Å². The van der Waals surface area contributed by atoms with Crippen molar-refractivity contribution in [1.29, 1.82) is 5.53 Å². The normalized spacial score (nSPS) is 19.9. The number of amides is 1. The van der Waals surface area contributed by atoms with Crippen molar-refractivity contribution in [3.05, 3.63) is 47.4 Å². The molecule has 1 aromatic rings. The molecule has 1 amide bonds. The molecule has 1 aliphatic carbocycles. The number of nitrogens with zero attached hydrogens (tertiary/aromatic N) is 3. The van der Waals surface area contributed by atoms with Crippen molar-refractivity contribution in [3.63, 3.8) is 0 Å². The molecule has 3 rings (SSSR count). The van der Waals surface area contributed by atoms with Crippen LogP contribution in [-0.2, 0) is 4.79 Å². The minimum Gasteiger partial charge on any atom is -0.388 e. The molecule has 1 atom stereocenters. The molecular formula is C20H27N5O2. The zero-order valence-corrected chi connectivity index (χ0v) is 16.1. The van der Waals surface area contributed by atoms with Gasteiger partial charge in [0, 0.05) is 38.1 Å². The Morgan fingerprint density at radius 3 is 2.78 bits per heavy atom. The number of hydrogen-bond acceptors (Lipinski definition) is 6. The van der Waals surface area contributed by atoms with Crippen molar-refractivity contribution in [1.82, 2.24) is 9.80 Å². The number of aliphatic hydroxyl groups excluding tert-OH is 1. The molecule has 144 valence electrons. The average Bonchev–Trinajstić information content (AvgIpc) is 3.50. The molecule has 1 saturated carbocycles. The Bertz CT molecular complexity index is 798. The van der Waals surface area contributed by atoms with Gasteiger partial charge < -0.3 is 20.2 Å². The van der Waals surface area contributed by atoms with Crippen LogP contribution in [0.15, 0.2) is 41.4 Å². The number of carbonyl (C=O) groups excluding carboxylic acids is 1. The largest absolute Gasteiger partial charge is 0.388 e. The standard InChI is InChI=1S/C20H27N5O2/c1-4-19(26)14-7-8-16(22-10-13-5-6-13)15(9-14)18-12-24(2)20(27)17(11-23-21)25(18)3/h7-9,11-13,19,21-22,26H,4-6,10H2,1-3H3. The van der Waals surface area contributed by atoms with E-state index in [-0.39, 0.29) is 5.91 Å². The lowest BCUT2D eigenvalue weighted by Gasteiger charge is -2.33. The Morgan fingerprint density at radius 2 is 2.15 bits per heavy atom. The summed E-state index contributed by atoms with van der Waals surface area (Å²) in [6, 6.07) is 5.92. The highest BCUT2D eigenvalue weighted by atomic mass is 16.3. The van der Waals surface area contributed by atoms with Crippen molar-refractivity contribution in [2.24, 2.45) is 11.0 Å². The van der Waals surface area contributed by atoms with Crippen LogP contribution in [0.2, 0.25) is 0 Å². The van der Waals surface area contributed by atoms with E-state index in [9.17, 15) is 9.90 Å². The number of carbonyl (C=O) groups is 1. The summed E-state index contributed by atoms with van der Waals surface area (Å²) in [6.07, 6.45) is 5.65. The van der Waals surface area contributed by atoms with E-state index < -0.39 is 6.10 Å². The van der Waals surface area contributed by atoms with E-state index in [1.165, 1.54) is 23.9 Å². The molecule has 1 aliphatic heterocycles. The molecule has 27 heavy (non-hydrogen) atoms. The Labute approximate surface area is 159 Å². The summed E-state index contributed by atoms with van der Waals surface area (Å²) >= 11 is 0. The lowest BCUT2D eigenvalue weighted by Crippen LogP contribution is -2.36. The van der Waals surface area contributed by atoms with Crippen molar-refractivity contribution in [2.75, 3.05) is 26.0 Å². The second-order valence-corrected chi connectivity index (χ2v) is 7.19. The van der Waals surface area contributed by atoms with Crippen LogP contribution in [0.3, 0.4) is 0 Å². The lowest BCUT2D eigenvalue weighted by molar-refractivity contribution is -0.125. The topological polar surface area (TPSA) is 92.0 Å². The van der Waals surface area contributed by atoms with Gasteiger partial charge in [0.05, 0.1) is 18.0 Å². The average molecular weight is 369 g/mol. The Balaban J connectivity index is 2.05. The summed E-state index contributed by atoms with van der Waals surface area (Å²) < 4.78 is 0. The third-order valence-electron chi connectivity index (χ3n) is 5.13. The molecule has 0 bridgehead atoms. The van der Waals surface area contributed by atoms with E-state index in [1.807, 2.05) is 25.1 Å². The third kappa shape index (κ3) is 4.03. The number of benzene rings is 1. The van der Waals surface area contributed by atoms with Crippen LogP contribution in [0.5, 0.6) is 0 Å². The molecule has 2 aliphatic rings. The molecule has 1 aromatic carbocycles. The number of nitrogens with one attached hydrogen (secondary N) is 2. The van der Waals surface area contributed by atoms with Gasteiger partial charge in [0.25, 0.3) is 5.91 Å². The van der Waals surface area contributed by atoms with Gasteiger partial charge in [-0.15, -0.1) is 0 Å². The zero-order valence-electron chi connectivity index (χ0n) is 16.1. The van der Waals surface area contributed by atoms with Gasteiger partial charge in [0.1, 0.15) is 5.70 Å². The minimum absolute atomic E-state index is 0.213. The molecule has 3 N–H and O–H groups in total. The fourth-order valence-electron chi connectivity index (χ4n) is 3.18. The predicted molar refractivity (Wildman–Crippen MR) is 105 cm³/mol. The maximum Gasteiger partial charge on any atom is 0.275 e. The summed E-state index contributed by atoms with van der Waals surface area (Å²) in [4.78, 5) is 15.7. The Morgan fingerprint density at radius 1 is 1.41 bits per heavy atom. The molecule has 1 fully saturated rings. The number of anilines is 1. The molecule has 0 radical (unpaired) electrons. The molecule has 7 heteroatoms. The van der Waals surface area contributed by atoms with Crippen LogP contribution >= 0.6 is 0 Å².